The summed E-state index contributed by atoms with van der Waals surface area (Å²) in [6.45, 7) is 7.73. The van der Waals surface area contributed by atoms with Crippen molar-refractivity contribution in [1.82, 2.24) is 19.9 Å². The van der Waals surface area contributed by atoms with Gasteiger partial charge < -0.3 is 24.5 Å². The van der Waals surface area contributed by atoms with E-state index in [1.807, 2.05) is 0 Å². The molecular weight excluding hydrogens is 414 g/mol. The van der Waals surface area contributed by atoms with Crippen LogP contribution in [0.4, 0.5) is 4.79 Å². The molecule has 1 aliphatic carbocycles. The molecule has 0 unspecified atom stereocenters. The Balaban J connectivity index is 1.76. The smallest absolute Gasteiger partial charge is 0.404 e. The first-order valence-corrected chi connectivity index (χ1v) is 13.4. The molecule has 2 N–H and O–H groups in total. The Labute approximate surface area is 174 Å². The van der Waals surface area contributed by atoms with Crippen LogP contribution < -0.4 is 10.1 Å². The summed E-state index contributed by atoms with van der Waals surface area (Å²) in [6, 6.07) is 3.03. The minimum Gasteiger partial charge on any atom is -0.474 e. The molecule has 0 saturated heterocycles. The predicted octanol–water partition coefficient (Wildman–Crippen LogP) is 3.45. The number of nitrogens with zero attached hydrogens (tertiary/aromatic N) is 4. The standard InChI is InChI=1S/C18H24ClN5O4Si/c1-29(2,3)5-4-27-10-24-9-11(8-20)14-15(24)22-17(19)23-16(14)28-13-6-12(7-13)21-18(25)26/h9,12-13,21H,4-7,10H2,1-3H3,(H,25,26). The van der Waals surface area contributed by atoms with Gasteiger partial charge in [0, 0.05) is 39.8 Å². The molecule has 3 rings (SSSR count). The van der Waals surface area contributed by atoms with Crippen molar-refractivity contribution in [3.8, 4) is 11.9 Å². The Hall–Kier alpha value is -2.35. The predicted molar refractivity (Wildman–Crippen MR) is 110 cm³/mol. The number of ether oxygens (including phenoxy) is 2. The number of hydrogen-bond donors (Lipinski definition) is 2. The molecule has 29 heavy (non-hydrogen) atoms. The second kappa shape index (κ2) is 8.57. The van der Waals surface area contributed by atoms with Crippen LogP contribution in [0, 0.1) is 11.3 Å². The molecule has 0 atom stereocenters. The zero-order valence-corrected chi connectivity index (χ0v) is 18.4. The van der Waals surface area contributed by atoms with Gasteiger partial charge in [-0.15, -0.1) is 0 Å². The van der Waals surface area contributed by atoms with Crippen molar-refractivity contribution >= 4 is 36.8 Å². The molecule has 11 heteroatoms. The van der Waals surface area contributed by atoms with Crippen molar-refractivity contribution in [2.75, 3.05) is 6.61 Å². The lowest BCUT2D eigenvalue weighted by Gasteiger charge is -2.34. The summed E-state index contributed by atoms with van der Waals surface area (Å²) in [5, 5.41) is 21.2. The molecule has 1 amide bonds. The Morgan fingerprint density at radius 1 is 1.45 bits per heavy atom. The van der Waals surface area contributed by atoms with Crippen LogP contribution in [0.25, 0.3) is 11.0 Å². The summed E-state index contributed by atoms with van der Waals surface area (Å²) in [6.07, 6.45) is 1.45. The Morgan fingerprint density at radius 2 is 2.17 bits per heavy atom. The van der Waals surface area contributed by atoms with Crippen molar-refractivity contribution in [1.29, 1.82) is 5.26 Å². The van der Waals surface area contributed by atoms with Gasteiger partial charge in [-0.25, -0.2) is 4.79 Å². The molecule has 1 fully saturated rings. The topological polar surface area (TPSA) is 122 Å². The van der Waals surface area contributed by atoms with Gasteiger partial charge in [-0.05, 0) is 17.6 Å². The van der Waals surface area contributed by atoms with Crippen molar-refractivity contribution in [2.24, 2.45) is 0 Å². The molecule has 0 spiro atoms. The molecule has 2 aromatic heterocycles. The number of amides is 1. The van der Waals surface area contributed by atoms with Gasteiger partial charge in [-0.3, -0.25) is 0 Å². The Morgan fingerprint density at radius 3 is 2.79 bits per heavy atom. The molecule has 1 saturated carbocycles. The van der Waals surface area contributed by atoms with Crippen molar-refractivity contribution < 1.29 is 19.4 Å². The fraction of sp³-hybridized carbons (Fsp3) is 0.556. The molecule has 0 aliphatic heterocycles. The number of nitriles is 1. The van der Waals surface area contributed by atoms with Crippen molar-refractivity contribution in [3.63, 3.8) is 0 Å². The third-order valence-corrected chi connectivity index (χ3v) is 6.58. The average Bonchev–Trinajstić information content (AvgIpc) is 2.93. The van der Waals surface area contributed by atoms with E-state index in [9.17, 15) is 10.1 Å². The zero-order valence-electron chi connectivity index (χ0n) is 16.6. The van der Waals surface area contributed by atoms with Crippen LogP contribution >= 0.6 is 11.6 Å². The first-order chi connectivity index (χ1) is 13.7. The molecule has 0 bridgehead atoms. The molecule has 0 radical (unpaired) electrons. The number of carbonyl (C=O) groups is 1. The summed E-state index contributed by atoms with van der Waals surface area (Å²) in [5.41, 5.74) is 0.851. The minimum absolute atomic E-state index is 0.0120. The highest BCUT2D eigenvalue weighted by Crippen LogP contribution is 2.33. The van der Waals surface area contributed by atoms with E-state index in [0.29, 0.717) is 36.0 Å². The number of rotatable bonds is 8. The van der Waals surface area contributed by atoms with Gasteiger partial charge in [0.2, 0.25) is 11.2 Å². The van der Waals surface area contributed by atoms with Gasteiger partial charge in [0.1, 0.15) is 18.9 Å². The third kappa shape index (κ3) is 5.38. The van der Waals surface area contributed by atoms with Gasteiger partial charge in [0.05, 0.1) is 10.9 Å². The highest BCUT2D eigenvalue weighted by molar-refractivity contribution is 6.76. The number of nitrogens with one attached hydrogen (secondary N) is 1. The van der Waals surface area contributed by atoms with Crippen LogP contribution in [-0.4, -0.2) is 52.6 Å². The maximum absolute atomic E-state index is 10.7. The van der Waals surface area contributed by atoms with E-state index in [2.05, 4.69) is 41.0 Å². The number of carboxylic acid groups (broad SMARTS) is 1. The first kappa shape index (κ1) is 21.4. The second-order valence-corrected chi connectivity index (χ2v) is 14.3. The molecule has 0 aromatic carbocycles. The number of aromatic nitrogens is 3. The van der Waals surface area contributed by atoms with Crippen LogP contribution in [0.1, 0.15) is 18.4 Å². The van der Waals surface area contributed by atoms with E-state index in [-0.39, 0.29) is 30.0 Å². The molecule has 2 heterocycles. The van der Waals surface area contributed by atoms with Crippen LogP contribution in [0.5, 0.6) is 5.88 Å². The van der Waals surface area contributed by atoms with E-state index in [0.717, 1.165) is 6.04 Å². The Bertz CT molecular complexity index is 946. The third-order valence-electron chi connectivity index (χ3n) is 4.70. The summed E-state index contributed by atoms with van der Waals surface area (Å²) in [7, 11) is -1.20. The maximum atomic E-state index is 10.7. The summed E-state index contributed by atoms with van der Waals surface area (Å²) in [5.74, 6) is 0.233. The molecule has 156 valence electrons. The highest BCUT2D eigenvalue weighted by Gasteiger charge is 2.33. The molecule has 9 nitrogen and oxygen atoms in total. The van der Waals surface area contributed by atoms with Crippen molar-refractivity contribution in [3.05, 3.63) is 17.0 Å². The number of hydrogen-bond acceptors (Lipinski definition) is 6. The first-order valence-electron chi connectivity index (χ1n) is 9.36. The lowest BCUT2D eigenvalue weighted by molar-refractivity contribution is 0.0806. The van der Waals surface area contributed by atoms with Crippen LogP contribution in [0.2, 0.25) is 31.0 Å². The average molecular weight is 438 g/mol. The number of fused-ring (bicyclic) bond motifs is 1. The quantitative estimate of drug-likeness (QED) is 0.368. The van der Waals surface area contributed by atoms with E-state index >= 15 is 0 Å². The fourth-order valence-electron chi connectivity index (χ4n) is 3.05. The van der Waals surface area contributed by atoms with Gasteiger partial charge >= 0.3 is 6.09 Å². The lowest BCUT2D eigenvalue weighted by Crippen LogP contribution is -2.48. The molecule has 2 aromatic rings. The van der Waals surface area contributed by atoms with E-state index in [4.69, 9.17) is 26.2 Å². The largest absolute Gasteiger partial charge is 0.474 e. The fourth-order valence-corrected chi connectivity index (χ4v) is 3.96. The molecular formula is C18H24ClN5O4Si. The normalized spacial score (nSPS) is 18.9. The highest BCUT2D eigenvalue weighted by atomic mass is 35.5. The zero-order chi connectivity index (χ0) is 21.2. The number of halogens is 1. The Kier molecular flexibility index (Phi) is 6.31. The van der Waals surface area contributed by atoms with Gasteiger partial charge in [-0.1, -0.05) is 19.6 Å². The molecule has 1 aliphatic rings. The van der Waals surface area contributed by atoms with E-state index in [1.54, 1.807) is 10.8 Å². The maximum Gasteiger partial charge on any atom is 0.404 e. The van der Waals surface area contributed by atoms with Crippen LogP contribution in [0.3, 0.4) is 0 Å². The second-order valence-electron chi connectivity index (χ2n) is 8.33. The summed E-state index contributed by atoms with van der Waals surface area (Å²) in [4.78, 5) is 19.1. The minimum atomic E-state index is -1.20. The lowest BCUT2D eigenvalue weighted by atomic mass is 9.89. The van der Waals surface area contributed by atoms with Crippen LogP contribution in [-0.2, 0) is 11.5 Å². The summed E-state index contributed by atoms with van der Waals surface area (Å²) < 4.78 is 13.4. The monoisotopic (exact) mass is 437 g/mol. The van der Waals surface area contributed by atoms with Crippen LogP contribution in [0.15, 0.2) is 6.20 Å². The van der Waals surface area contributed by atoms with Crippen molar-refractivity contribution in [2.45, 2.75) is 57.4 Å². The van der Waals surface area contributed by atoms with E-state index < -0.39 is 14.2 Å². The van der Waals surface area contributed by atoms with Gasteiger partial charge in [0.25, 0.3) is 0 Å². The van der Waals surface area contributed by atoms with Gasteiger partial charge in [-0.2, -0.15) is 15.2 Å². The van der Waals surface area contributed by atoms with Gasteiger partial charge in [0.15, 0.2) is 5.65 Å². The summed E-state index contributed by atoms with van der Waals surface area (Å²) >= 11 is 6.09. The van der Waals surface area contributed by atoms with E-state index in [1.165, 1.54) is 0 Å². The SMILES string of the molecule is C[Si](C)(C)CCOCn1cc(C#N)c2c(OC3CC(NC(=O)O)C3)nc(Cl)nc21.